The van der Waals surface area contributed by atoms with Gasteiger partial charge >= 0.3 is 0 Å². The predicted octanol–water partition coefficient (Wildman–Crippen LogP) is 8.09. The van der Waals surface area contributed by atoms with Gasteiger partial charge in [0.1, 0.15) is 0 Å². The first-order chi connectivity index (χ1) is 14.8. The largest absolute Gasteiger partial charge is 0.395 e. The third-order valence-corrected chi connectivity index (χ3v) is 6.19. The first-order valence-electron chi connectivity index (χ1n) is 13.7. The van der Waals surface area contributed by atoms with Crippen LogP contribution in [0.4, 0.5) is 0 Å². The highest BCUT2D eigenvalue weighted by Gasteiger charge is 2.00. The Bertz CT molecular complexity index is 333. The van der Waals surface area contributed by atoms with E-state index in [4.69, 9.17) is 5.11 Å². The lowest BCUT2D eigenvalue weighted by molar-refractivity contribution is -0.121. The van der Waals surface area contributed by atoms with Gasteiger partial charge in [0.2, 0.25) is 5.91 Å². The Labute approximate surface area is 189 Å². The molecule has 0 aromatic carbocycles. The fourth-order valence-corrected chi connectivity index (χ4v) is 4.18. The lowest BCUT2D eigenvalue weighted by atomic mass is 10.0. The molecule has 0 saturated carbocycles. The van der Waals surface area contributed by atoms with Crippen LogP contribution in [0.25, 0.3) is 0 Å². The summed E-state index contributed by atoms with van der Waals surface area (Å²) in [5.41, 5.74) is 0. The lowest BCUT2D eigenvalue weighted by Crippen LogP contribution is -2.25. The molecule has 0 bridgehead atoms. The number of aliphatic hydroxyl groups excluding tert-OH is 1. The molecular formula is C27H55NO2. The maximum absolute atomic E-state index is 11.4. The van der Waals surface area contributed by atoms with Crippen LogP contribution in [0.1, 0.15) is 155 Å². The van der Waals surface area contributed by atoms with E-state index < -0.39 is 0 Å². The van der Waals surface area contributed by atoms with Gasteiger partial charge in [0.05, 0.1) is 6.61 Å². The lowest BCUT2D eigenvalue weighted by Gasteiger charge is -2.04. The molecule has 0 aliphatic rings. The smallest absolute Gasteiger partial charge is 0.220 e. The van der Waals surface area contributed by atoms with Crippen molar-refractivity contribution < 1.29 is 9.90 Å². The Hall–Kier alpha value is -0.570. The van der Waals surface area contributed by atoms with E-state index in [2.05, 4.69) is 12.2 Å². The summed E-state index contributed by atoms with van der Waals surface area (Å²) in [6.07, 6.45) is 31.1. The molecule has 0 spiro atoms. The summed E-state index contributed by atoms with van der Waals surface area (Å²) in [5.74, 6) is 0.0808. The van der Waals surface area contributed by atoms with Gasteiger partial charge in [-0.05, 0) is 6.42 Å². The van der Waals surface area contributed by atoms with Crippen LogP contribution in [-0.2, 0) is 4.79 Å². The maximum atomic E-state index is 11.4. The second-order valence-electron chi connectivity index (χ2n) is 9.25. The molecule has 2 N–H and O–H groups in total. The quantitative estimate of drug-likeness (QED) is 0.145. The van der Waals surface area contributed by atoms with Gasteiger partial charge in [-0.3, -0.25) is 4.79 Å². The van der Waals surface area contributed by atoms with Crippen molar-refractivity contribution in [3.8, 4) is 0 Å². The second kappa shape index (κ2) is 26.5. The van der Waals surface area contributed by atoms with Gasteiger partial charge in [0, 0.05) is 13.0 Å². The number of aliphatic hydroxyl groups is 1. The Morgan fingerprint density at radius 2 is 0.833 bits per heavy atom. The molecule has 3 nitrogen and oxygen atoms in total. The highest BCUT2D eigenvalue weighted by molar-refractivity contribution is 5.75. The Morgan fingerprint density at radius 3 is 1.13 bits per heavy atom. The molecule has 0 saturated heterocycles. The topological polar surface area (TPSA) is 49.3 Å². The molecule has 0 fully saturated rings. The molecule has 0 aromatic rings. The van der Waals surface area contributed by atoms with E-state index in [9.17, 15) is 4.79 Å². The molecule has 0 rings (SSSR count). The van der Waals surface area contributed by atoms with Crippen LogP contribution in [0, 0.1) is 0 Å². The first kappa shape index (κ1) is 29.4. The van der Waals surface area contributed by atoms with Crippen molar-refractivity contribution in [2.75, 3.05) is 13.2 Å². The SMILES string of the molecule is CCCCCCCCCCCCCCCCCCCCCCCCC(=O)NCCO. The average molecular weight is 426 g/mol. The number of hydrogen-bond donors (Lipinski definition) is 2. The molecule has 0 heterocycles. The van der Waals surface area contributed by atoms with Crippen LogP contribution in [0.2, 0.25) is 0 Å². The van der Waals surface area contributed by atoms with E-state index in [1.807, 2.05) is 0 Å². The van der Waals surface area contributed by atoms with Crippen molar-refractivity contribution in [1.82, 2.24) is 5.32 Å². The van der Waals surface area contributed by atoms with Gasteiger partial charge < -0.3 is 10.4 Å². The highest BCUT2D eigenvalue weighted by atomic mass is 16.3. The fourth-order valence-electron chi connectivity index (χ4n) is 4.18. The van der Waals surface area contributed by atoms with Crippen molar-refractivity contribution in [1.29, 1.82) is 0 Å². The molecule has 0 radical (unpaired) electrons. The highest BCUT2D eigenvalue weighted by Crippen LogP contribution is 2.15. The summed E-state index contributed by atoms with van der Waals surface area (Å²) < 4.78 is 0. The monoisotopic (exact) mass is 425 g/mol. The first-order valence-corrected chi connectivity index (χ1v) is 13.7. The Kier molecular flexibility index (Phi) is 26.0. The minimum absolute atomic E-state index is 0.0328. The van der Waals surface area contributed by atoms with Crippen molar-refractivity contribution in [2.45, 2.75) is 155 Å². The van der Waals surface area contributed by atoms with E-state index in [0.29, 0.717) is 13.0 Å². The Balaban J connectivity index is 3.04. The molecule has 0 atom stereocenters. The van der Waals surface area contributed by atoms with Crippen molar-refractivity contribution in [3.63, 3.8) is 0 Å². The zero-order chi connectivity index (χ0) is 22.0. The van der Waals surface area contributed by atoms with Gasteiger partial charge in [-0.2, -0.15) is 0 Å². The Morgan fingerprint density at radius 1 is 0.533 bits per heavy atom. The van der Waals surface area contributed by atoms with Gasteiger partial charge in [0.15, 0.2) is 0 Å². The molecule has 1 amide bonds. The number of carbonyl (C=O) groups is 1. The van der Waals surface area contributed by atoms with E-state index in [1.54, 1.807) is 0 Å². The van der Waals surface area contributed by atoms with Crippen LogP contribution in [0.5, 0.6) is 0 Å². The summed E-state index contributed by atoms with van der Waals surface area (Å²) in [5, 5.41) is 11.4. The van der Waals surface area contributed by atoms with E-state index in [0.717, 1.165) is 12.8 Å². The van der Waals surface area contributed by atoms with Gasteiger partial charge in [0.25, 0.3) is 0 Å². The zero-order valence-corrected chi connectivity index (χ0v) is 20.5. The predicted molar refractivity (Wildman–Crippen MR) is 132 cm³/mol. The number of amides is 1. The third kappa shape index (κ3) is 25.5. The van der Waals surface area contributed by atoms with Gasteiger partial charge in [-0.25, -0.2) is 0 Å². The number of hydrogen-bond acceptors (Lipinski definition) is 2. The van der Waals surface area contributed by atoms with Crippen molar-refractivity contribution >= 4 is 5.91 Å². The van der Waals surface area contributed by atoms with Gasteiger partial charge in [-0.1, -0.05) is 142 Å². The normalized spacial score (nSPS) is 11.1. The van der Waals surface area contributed by atoms with E-state index in [1.165, 1.54) is 128 Å². The molecule has 0 aromatic heterocycles. The minimum Gasteiger partial charge on any atom is -0.395 e. The summed E-state index contributed by atoms with van der Waals surface area (Å²) in [7, 11) is 0. The molecule has 0 aliphatic carbocycles. The van der Waals surface area contributed by atoms with Crippen LogP contribution in [0.15, 0.2) is 0 Å². The fraction of sp³-hybridized carbons (Fsp3) is 0.963. The molecule has 3 heteroatoms. The number of nitrogens with one attached hydrogen (secondary N) is 1. The van der Waals surface area contributed by atoms with Crippen LogP contribution in [-0.4, -0.2) is 24.2 Å². The number of carbonyl (C=O) groups excluding carboxylic acids is 1. The minimum atomic E-state index is 0.0328. The third-order valence-electron chi connectivity index (χ3n) is 6.19. The summed E-state index contributed by atoms with van der Waals surface area (Å²) in [6.45, 7) is 2.71. The van der Waals surface area contributed by atoms with Crippen molar-refractivity contribution in [3.05, 3.63) is 0 Å². The molecular weight excluding hydrogens is 370 g/mol. The summed E-state index contributed by atoms with van der Waals surface area (Å²) >= 11 is 0. The summed E-state index contributed by atoms with van der Waals surface area (Å²) in [4.78, 5) is 11.4. The number of rotatable bonds is 25. The summed E-state index contributed by atoms with van der Waals surface area (Å²) in [6, 6.07) is 0. The zero-order valence-electron chi connectivity index (χ0n) is 20.5. The number of unbranched alkanes of at least 4 members (excludes halogenated alkanes) is 21. The average Bonchev–Trinajstić information content (AvgIpc) is 2.75. The standard InChI is InChI=1S/C27H55NO2/c1-2-3-4-5-6-7-8-9-10-11-12-13-14-15-16-17-18-19-20-21-22-23-24-27(30)28-25-26-29/h29H,2-26H2,1H3,(H,28,30). The molecule has 0 unspecified atom stereocenters. The molecule has 180 valence electrons. The van der Waals surface area contributed by atoms with E-state index in [-0.39, 0.29) is 12.5 Å². The van der Waals surface area contributed by atoms with Crippen LogP contribution < -0.4 is 5.32 Å². The van der Waals surface area contributed by atoms with Crippen LogP contribution in [0.3, 0.4) is 0 Å². The molecule has 30 heavy (non-hydrogen) atoms. The van der Waals surface area contributed by atoms with E-state index >= 15 is 0 Å². The van der Waals surface area contributed by atoms with Crippen molar-refractivity contribution in [2.24, 2.45) is 0 Å². The van der Waals surface area contributed by atoms with Crippen LogP contribution >= 0.6 is 0 Å². The second-order valence-corrected chi connectivity index (χ2v) is 9.25. The van der Waals surface area contributed by atoms with Gasteiger partial charge in [-0.15, -0.1) is 0 Å². The molecule has 0 aliphatic heterocycles. The maximum Gasteiger partial charge on any atom is 0.220 e.